The summed E-state index contributed by atoms with van der Waals surface area (Å²) in [5, 5.41) is 16.0. The predicted octanol–water partition coefficient (Wildman–Crippen LogP) is 3.60. The van der Waals surface area contributed by atoms with Crippen LogP contribution in [0.2, 0.25) is 5.02 Å². The van der Waals surface area contributed by atoms with E-state index in [0.29, 0.717) is 22.2 Å². The molecule has 0 saturated carbocycles. The molecular weight excluding hydrogens is 332 g/mol. The van der Waals surface area contributed by atoms with Gasteiger partial charge in [-0.1, -0.05) is 17.7 Å². The molecule has 0 unspecified atom stereocenters. The van der Waals surface area contributed by atoms with Crippen LogP contribution in [0.3, 0.4) is 0 Å². The minimum Gasteiger partial charge on any atom is -0.267 e. The second-order valence-corrected chi connectivity index (χ2v) is 5.92. The molecule has 0 fully saturated rings. The number of halogens is 1. The fourth-order valence-electron chi connectivity index (χ4n) is 2.43. The van der Waals surface area contributed by atoms with Crippen LogP contribution < -0.4 is 5.56 Å². The zero-order valence-corrected chi connectivity index (χ0v) is 13.7. The van der Waals surface area contributed by atoms with Crippen LogP contribution in [-0.2, 0) is 0 Å². The number of hydrogen-bond donors (Lipinski definition) is 0. The van der Waals surface area contributed by atoms with E-state index in [0.717, 1.165) is 0 Å². The zero-order chi connectivity index (χ0) is 17.4. The lowest BCUT2D eigenvalue weighted by atomic mass is 10.1. The van der Waals surface area contributed by atoms with Crippen molar-refractivity contribution in [3.63, 3.8) is 0 Å². The van der Waals surface area contributed by atoms with Gasteiger partial charge in [0, 0.05) is 17.8 Å². The normalized spacial score (nSPS) is 11.2. The van der Waals surface area contributed by atoms with Gasteiger partial charge in [-0.15, -0.1) is 0 Å². The Balaban J connectivity index is 2.38. The topological polar surface area (TPSA) is 90.9 Å². The molecule has 0 aliphatic carbocycles. The summed E-state index contributed by atoms with van der Waals surface area (Å²) in [4.78, 5) is 27.3. The molecule has 2 aromatic heterocycles. The van der Waals surface area contributed by atoms with Gasteiger partial charge in [0.1, 0.15) is 16.2 Å². The second-order valence-electron chi connectivity index (χ2n) is 5.51. The summed E-state index contributed by atoms with van der Waals surface area (Å²) in [7, 11) is 0. The first-order valence-corrected chi connectivity index (χ1v) is 7.60. The van der Waals surface area contributed by atoms with E-state index < -0.39 is 4.92 Å². The second kappa shape index (κ2) is 6.01. The number of nitrogens with zero attached hydrogens (tertiary/aromatic N) is 4. The van der Waals surface area contributed by atoms with Gasteiger partial charge in [-0.3, -0.25) is 19.9 Å². The van der Waals surface area contributed by atoms with Crippen LogP contribution >= 0.6 is 11.6 Å². The molecule has 0 radical (unpaired) electrons. The molecule has 8 heteroatoms. The molecule has 0 amide bonds. The van der Waals surface area contributed by atoms with Crippen LogP contribution in [0.4, 0.5) is 5.69 Å². The van der Waals surface area contributed by atoms with Gasteiger partial charge in [-0.2, -0.15) is 5.10 Å². The highest BCUT2D eigenvalue weighted by Crippen LogP contribution is 2.31. The fourth-order valence-corrected chi connectivity index (χ4v) is 2.62. The van der Waals surface area contributed by atoms with Gasteiger partial charge in [0.25, 0.3) is 11.2 Å². The van der Waals surface area contributed by atoms with Crippen LogP contribution in [-0.4, -0.2) is 19.7 Å². The number of pyridine rings is 1. The van der Waals surface area contributed by atoms with Crippen LogP contribution in [0.15, 0.2) is 41.3 Å². The first-order chi connectivity index (χ1) is 11.4. The molecular formula is C16H13ClN4O3. The van der Waals surface area contributed by atoms with E-state index in [9.17, 15) is 14.9 Å². The summed E-state index contributed by atoms with van der Waals surface area (Å²) in [5.41, 5.74) is 0.807. The van der Waals surface area contributed by atoms with E-state index in [4.69, 9.17) is 11.6 Å². The van der Waals surface area contributed by atoms with Gasteiger partial charge >= 0.3 is 0 Å². The summed E-state index contributed by atoms with van der Waals surface area (Å²) in [6, 6.07) is 7.58. The van der Waals surface area contributed by atoms with E-state index in [1.807, 2.05) is 13.8 Å². The fraction of sp³-hybridized carbons (Fsp3) is 0.188. The Morgan fingerprint density at radius 3 is 2.71 bits per heavy atom. The monoisotopic (exact) mass is 344 g/mol. The molecule has 0 bridgehead atoms. The van der Waals surface area contributed by atoms with Crippen LogP contribution in [0, 0.1) is 10.1 Å². The number of nitro benzene ring substituents is 1. The summed E-state index contributed by atoms with van der Waals surface area (Å²) in [6.45, 7) is 3.68. The average molecular weight is 345 g/mol. The standard InChI is InChI=1S/C16H13ClN4O3/c1-9(2)20-16(22)11-4-3-7-18-15(11)14(19-20)10-5-6-12(17)13(8-10)21(23)24/h3-9H,1-2H3. The minimum atomic E-state index is -0.556. The quantitative estimate of drug-likeness (QED) is 0.534. The molecule has 7 nitrogen and oxygen atoms in total. The number of benzene rings is 1. The van der Waals surface area contributed by atoms with Gasteiger partial charge < -0.3 is 0 Å². The van der Waals surface area contributed by atoms with Crippen molar-refractivity contribution in [2.75, 3.05) is 0 Å². The van der Waals surface area contributed by atoms with Crippen molar-refractivity contribution in [2.45, 2.75) is 19.9 Å². The maximum Gasteiger partial charge on any atom is 0.288 e. The number of rotatable bonds is 3. The molecule has 3 aromatic rings. The van der Waals surface area contributed by atoms with Crippen molar-refractivity contribution in [1.29, 1.82) is 0 Å². The lowest BCUT2D eigenvalue weighted by Gasteiger charge is -2.13. The van der Waals surface area contributed by atoms with Crippen molar-refractivity contribution >= 4 is 28.2 Å². The van der Waals surface area contributed by atoms with Gasteiger partial charge in [-0.05, 0) is 32.0 Å². The highest BCUT2D eigenvalue weighted by molar-refractivity contribution is 6.32. The maximum atomic E-state index is 12.5. The number of hydrogen-bond acceptors (Lipinski definition) is 5. The van der Waals surface area contributed by atoms with Crippen LogP contribution in [0.5, 0.6) is 0 Å². The summed E-state index contributed by atoms with van der Waals surface area (Å²) < 4.78 is 1.35. The molecule has 3 rings (SSSR count). The molecule has 24 heavy (non-hydrogen) atoms. The first kappa shape index (κ1) is 16.1. The van der Waals surface area contributed by atoms with Gasteiger partial charge in [-0.25, -0.2) is 4.68 Å². The molecule has 1 aromatic carbocycles. The Hall–Kier alpha value is -2.80. The number of nitro groups is 1. The largest absolute Gasteiger partial charge is 0.288 e. The Kier molecular flexibility index (Phi) is 4.02. The minimum absolute atomic E-state index is 0.0400. The third-order valence-electron chi connectivity index (χ3n) is 3.58. The summed E-state index contributed by atoms with van der Waals surface area (Å²) >= 11 is 5.87. The smallest absolute Gasteiger partial charge is 0.267 e. The zero-order valence-electron chi connectivity index (χ0n) is 12.9. The van der Waals surface area contributed by atoms with Gasteiger partial charge in [0.05, 0.1) is 16.4 Å². The molecule has 0 saturated heterocycles. The van der Waals surface area contributed by atoms with Crippen LogP contribution in [0.1, 0.15) is 19.9 Å². The lowest BCUT2D eigenvalue weighted by Crippen LogP contribution is -2.25. The third kappa shape index (κ3) is 2.63. The van der Waals surface area contributed by atoms with E-state index in [-0.39, 0.29) is 22.3 Å². The molecule has 2 heterocycles. The Morgan fingerprint density at radius 1 is 1.29 bits per heavy atom. The SMILES string of the molecule is CC(C)n1nc(-c2ccc(Cl)c([N+](=O)[O-])c2)c2ncccc2c1=O. The average Bonchev–Trinajstić information content (AvgIpc) is 2.55. The molecule has 0 spiro atoms. The van der Waals surface area contributed by atoms with E-state index in [1.54, 1.807) is 24.4 Å². The molecule has 0 atom stereocenters. The van der Waals surface area contributed by atoms with Gasteiger partial charge in [0.15, 0.2) is 0 Å². The lowest BCUT2D eigenvalue weighted by molar-refractivity contribution is -0.384. The first-order valence-electron chi connectivity index (χ1n) is 7.22. The summed E-state index contributed by atoms with van der Waals surface area (Å²) in [6.07, 6.45) is 1.55. The van der Waals surface area contributed by atoms with Crippen LogP contribution in [0.25, 0.3) is 22.2 Å². The molecule has 122 valence electrons. The molecule has 0 aliphatic heterocycles. The highest BCUT2D eigenvalue weighted by atomic mass is 35.5. The van der Waals surface area contributed by atoms with E-state index >= 15 is 0 Å². The van der Waals surface area contributed by atoms with Gasteiger partial charge in [0.2, 0.25) is 0 Å². The maximum absolute atomic E-state index is 12.5. The highest BCUT2D eigenvalue weighted by Gasteiger charge is 2.19. The Morgan fingerprint density at radius 2 is 2.04 bits per heavy atom. The number of fused-ring (bicyclic) bond motifs is 1. The third-order valence-corrected chi connectivity index (χ3v) is 3.90. The molecule has 0 aliphatic rings. The molecule has 0 N–H and O–H groups in total. The van der Waals surface area contributed by atoms with Crippen molar-refractivity contribution in [3.05, 3.63) is 62.0 Å². The summed E-state index contributed by atoms with van der Waals surface area (Å²) in [5.74, 6) is 0. The van der Waals surface area contributed by atoms with Crippen molar-refractivity contribution < 1.29 is 4.92 Å². The van der Waals surface area contributed by atoms with Crippen molar-refractivity contribution in [1.82, 2.24) is 14.8 Å². The number of aromatic nitrogens is 3. The van der Waals surface area contributed by atoms with Crippen molar-refractivity contribution in [2.24, 2.45) is 0 Å². The van der Waals surface area contributed by atoms with Crippen molar-refractivity contribution in [3.8, 4) is 11.3 Å². The Bertz CT molecular complexity index is 1010. The van der Waals surface area contributed by atoms with E-state index in [2.05, 4.69) is 10.1 Å². The Labute approximate surface area is 141 Å². The predicted molar refractivity (Wildman–Crippen MR) is 91.3 cm³/mol. The van der Waals surface area contributed by atoms with E-state index in [1.165, 1.54) is 16.8 Å².